The first-order valence-electron chi connectivity index (χ1n) is 10.2. The van der Waals surface area contributed by atoms with Crippen LogP contribution in [0.5, 0.6) is 0 Å². The summed E-state index contributed by atoms with van der Waals surface area (Å²) >= 11 is 0. The van der Waals surface area contributed by atoms with E-state index >= 15 is 0 Å². The Morgan fingerprint density at radius 2 is 1.68 bits per heavy atom. The molecule has 1 aliphatic carbocycles. The number of rotatable bonds is 4. The molecule has 28 heavy (non-hydrogen) atoms. The van der Waals surface area contributed by atoms with Crippen molar-refractivity contribution in [2.75, 3.05) is 26.2 Å². The molecule has 148 valence electrons. The van der Waals surface area contributed by atoms with Gasteiger partial charge in [0.1, 0.15) is 11.1 Å². The Hall–Kier alpha value is -2.63. The highest BCUT2D eigenvalue weighted by molar-refractivity contribution is 5.96. The summed E-state index contributed by atoms with van der Waals surface area (Å²) in [6.45, 7) is 1.93. The van der Waals surface area contributed by atoms with Gasteiger partial charge in [0.05, 0.1) is 0 Å². The van der Waals surface area contributed by atoms with E-state index in [0.29, 0.717) is 44.1 Å². The second-order valence-electron chi connectivity index (χ2n) is 7.85. The Balaban J connectivity index is 1.35. The van der Waals surface area contributed by atoms with Crippen LogP contribution >= 0.6 is 0 Å². The molecule has 2 amide bonds. The molecule has 2 aliphatic rings. The molecule has 1 aromatic carbocycles. The molecule has 1 saturated carbocycles. The molecule has 0 spiro atoms. The highest BCUT2D eigenvalue weighted by atomic mass is 16.4. The normalized spacial score (nSPS) is 18.0. The second-order valence-corrected chi connectivity index (χ2v) is 7.85. The number of carbonyl (C=O) groups is 2. The van der Waals surface area contributed by atoms with Crippen molar-refractivity contribution in [3.8, 4) is 0 Å². The maximum absolute atomic E-state index is 12.8. The third-order valence-corrected chi connectivity index (χ3v) is 6.03. The minimum atomic E-state index is -0.612. The second kappa shape index (κ2) is 8.17. The van der Waals surface area contributed by atoms with Gasteiger partial charge in [0.2, 0.25) is 5.91 Å². The molecule has 0 bridgehead atoms. The highest BCUT2D eigenvalue weighted by Gasteiger charge is 2.27. The first kappa shape index (κ1) is 18.7. The summed E-state index contributed by atoms with van der Waals surface area (Å²) in [6, 6.07) is 8.75. The zero-order valence-electron chi connectivity index (χ0n) is 16.1. The van der Waals surface area contributed by atoms with E-state index in [2.05, 4.69) is 0 Å². The SMILES string of the molecule is O=C(CCC1CCCC1)N1CCN(C(=O)c2cc3ccccc3oc2=O)CC1. The van der Waals surface area contributed by atoms with Crippen LogP contribution in [0.25, 0.3) is 11.0 Å². The lowest BCUT2D eigenvalue weighted by molar-refractivity contribution is -0.133. The summed E-state index contributed by atoms with van der Waals surface area (Å²) < 4.78 is 5.28. The molecule has 6 heteroatoms. The fraction of sp³-hybridized carbons (Fsp3) is 0.500. The zero-order chi connectivity index (χ0) is 19.5. The van der Waals surface area contributed by atoms with Crippen molar-refractivity contribution in [3.63, 3.8) is 0 Å². The summed E-state index contributed by atoms with van der Waals surface area (Å²) in [5.41, 5.74) is -0.0831. The number of hydrogen-bond acceptors (Lipinski definition) is 4. The highest BCUT2D eigenvalue weighted by Crippen LogP contribution is 2.28. The largest absolute Gasteiger partial charge is 0.422 e. The molecule has 6 nitrogen and oxygen atoms in total. The minimum absolute atomic E-state index is 0.0553. The van der Waals surface area contributed by atoms with E-state index in [1.807, 2.05) is 17.0 Å². The molecule has 0 atom stereocenters. The molecule has 1 aromatic heterocycles. The van der Waals surface area contributed by atoms with Crippen LogP contribution in [0.15, 0.2) is 39.5 Å². The Labute approximate surface area is 164 Å². The molecule has 1 aliphatic heterocycles. The molecule has 2 heterocycles. The van der Waals surface area contributed by atoms with Gasteiger partial charge < -0.3 is 14.2 Å². The van der Waals surface area contributed by atoms with Crippen LogP contribution in [-0.4, -0.2) is 47.8 Å². The Morgan fingerprint density at radius 1 is 1.00 bits per heavy atom. The number of nitrogens with zero attached hydrogens (tertiary/aromatic N) is 2. The minimum Gasteiger partial charge on any atom is -0.422 e. The van der Waals surface area contributed by atoms with Gasteiger partial charge in [-0.05, 0) is 24.5 Å². The Bertz CT molecular complexity index is 922. The smallest absolute Gasteiger partial charge is 0.349 e. The molecular weight excluding hydrogens is 356 g/mol. The molecule has 4 rings (SSSR count). The van der Waals surface area contributed by atoms with Crippen molar-refractivity contribution >= 4 is 22.8 Å². The molecule has 0 N–H and O–H groups in total. The first-order chi connectivity index (χ1) is 13.6. The lowest BCUT2D eigenvalue weighted by Crippen LogP contribution is -2.51. The summed E-state index contributed by atoms with van der Waals surface area (Å²) in [7, 11) is 0. The van der Waals surface area contributed by atoms with Gasteiger partial charge in [-0.2, -0.15) is 0 Å². The van der Waals surface area contributed by atoms with E-state index in [9.17, 15) is 14.4 Å². The van der Waals surface area contributed by atoms with Gasteiger partial charge in [0.25, 0.3) is 5.91 Å². The molecule has 0 radical (unpaired) electrons. The topological polar surface area (TPSA) is 70.8 Å². The van der Waals surface area contributed by atoms with E-state index in [1.165, 1.54) is 25.7 Å². The number of piperazine rings is 1. The number of fused-ring (bicyclic) bond motifs is 1. The predicted octanol–water partition coefficient (Wildman–Crippen LogP) is 3.05. The number of amides is 2. The average Bonchev–Trinajstić information content (AvgIpc) is 3.25. The molecule has 2 fully saturated rings. The van der Waals surface area contributed by atoms with Crippen LogP contribution in [-0.2, 0) is 4.79 Å². The average molecular weight is 382 g/mol. The fourth-order valence-electron chi connectivity index (χ4n) is 4.33. The van der Waals surface area contributed by atoms with Gasteiger partial charge in [0.15, 0.2) is 0 Å². The van der Waals surface area contributed by atoms with Crippen LogP contribution in [0, 0.1) is 5.92 Å². The molecular formula is C22H26N2O4. The monoisotopic (exact) mass is 382 g/mol. The van der Waals surface area contributed by atoms with Crippen LogP contribution in [0.3, 0.4) is 0 Å². The predicted molar refractivity (Wildman–Crippen MR) is 106 cm³/mol. The van der Waals surface area contributed by atoms with Crippen molar-refractivity contribution in [1.29, 1.82) is 0 Å². The number of para-hydroxylation sites is 1. The van der Waals surface area contributed by atoms with E-state index in [1.54, 1.807) is 23.1 Å². The Morgan fingerprint density at radius 3 is 2.43 bits per heavy atom. The summed E-state index contributed by atoms with van der Waals surface area (Å²) in [4.78, 5) is 41.0. The lowest BCUT2D eigenvalue weighted by Gasteiger charge is -2.34. The standard InChI is InChI=1S/C22H26N2O4/c25-20(10-9-16-5-1-2-6-16)23-11-13-24(14-12-23)21(26)18-15-17-7-3-4-8-19(17)28-22(18)27/h3-4,7-8,15-16H,1-2,5-6,9-14H2. The fourth-order valence-corrected chi connectivity index (χ4v) is 4.33. The van der Waals surface area contributed by atoms with Gasteiger partial charge in [-0.3, -0.25) is 9.59 Å². The van der Waals surface area contributed by atoms with Crippen molar-refractivity contribution in [3.05, 3.63) is 46.3 Å². The van der Waals surface area contributed by atoms with Gasteiger partial charge in [-0.25, -0.2) is 4.79 Å². The van der Waals surface area contributed by atoms with Crippen molar-refractivity contribution in [2.24, 2.45) is 5.92 Å². The summed E-state index contributed by atoms with van der Waals surface area (Å²) in [5, 5.41) is 0.728. The third kappa shape index (κ3) is 3.96. The summed E-state index contributed by atoms with van der Waals surface area (Å²) in [6.07, 6.45) is 6.68. The van der Waals surface area contributed by atoms with Crippen LogP contribution in [0.4, 0.5) is 0 Å². The van der Waals surface area contributed by atoms with Gasteiger partial charge in [-0.1, -0.05) is 43.9 Å². The van der Waals surface area contributed by atoms with Crippen molar-refractivity contribution in [2.45, 2.75) is 38.5 Å². The van der Waals surface area contributed by atoms with Crippen LogP contribution < -0.4 is 5.63 Å². The third-order valence-electron chi connectivity index (χ3n) is 6.03. The van der Waals surface area contributed by atoms with Crippen LogP contribution in [0.2, 0.25) is 0 Å². The van der Waals surface area contributed by atoms with Crippen molar-refractivity contribution < 1.29 is 14.0 Å². The lowest BCUT2D eigenvalue weighted by atomic mass is 10.0. The van der Waals surface area contributed by atoms with E-state index in [-0.39, 0.29) is 17.4 Å². The molecule has 1 saturated heterocycles. The number of carbonyl (C=O) groups excluding carboxylic acids is 2. The van der Waals surface area contributed by atoms with Crippen molar-refractivity contribution in [1.82, 2.24) is 9.80 Å². The van der Waals surface area contributed by atoms with Gasteiger partial charge in [-0.15, -0.1) is 0 Å². The van der Waals surface area contributed by atoms with Gasteiger partial charge in [0, 0.05) is 38.0 Å². The zero-order valence-corrected chi connectivity index (χ0v) is 16.1. The Kier molecular flexibility index (Phi) is 5.46. The van der Waals surface area contributed by atoms with E-state index in [0.717, 1.165) is 11.8 Å². The maximum Gasteiger partial charge on any atom is 0.349 e. The maximum atomic E-state index is 12.8. The van der Waals surface area contributed by atoms with Gasteiger partial charge >= 0.3 is 5.63 Å². The quantitative estimate of drug-likeness (QED) is 0.762. The molecule has 0 unspecified atom stereocenters. The summed E-state index contributed by atoms with van der Waals surface area (Å²) in [5.74, 6) is 0.570. The molecule has 2 aromatic rings. The van der Waals surface area contributed by atoms with Crippen LogP contribution in [0.1, 0.15) is 48.9 Å². The van der Waals surface area contributed by atoms with E-state index < -0.39 is 5.63 Å². The number of benzene rings is 1. The van der Waals surface area contributed by atoms with E-state index in [4.69, 9.17) is 4.42 Å². The number of hydrogen-bond donors (Lipinski definition) is 0. The first-order valence-corrected chi connectivity index (χ1v) is 10.2.